The van der Waals surface area contributed by atoms with Gasteiger partial charge in [0.1, 0.15) is 0 Å². The minimum absolute atomic E-state index is 0.0707. The molecule has 1 amide bonds. The molecule has 0 aromatic heterocycles. The number of halogens is 1. The number of carboxylic acid groups (broad SMARTS) is 1. The maximum Gasteiger partial charge on any atom is 0.305 e. The third-order valence-corrected chi connectivity index (χ3v) is 3.86. The van der Waals surface area contributed by atoms with Crippen LogP contribution >= 0.6 is 11.6 Å². The van der Waals surface area contributed by atoms with Crippen LogP contribution in [0.1, 0.15) is 37.3 Å². The normalized spacial score (nSPS) is 19.0. The Kier molecular flexibility index (Phi) is 5.39. The Morgan fingerprint density at radius 2 is 2.00 bits per heavy atom. The first kappa shape index (κ1) is 15.6. The Labute approximate surface area is 128 Å². The summed E-state index contributed by atoms with van der Waals surface area (Å²) in [4.78, 5) is 23.3. The summed E-state index contributed by atoms with van der Waals surface area (Å²) in [5.41, 5.74) is 0.751. The number of carbonyl (C=O) groups is 2. The van der Waals surface area contributed by atoms with Gasteiger partial charge in [-0.15, -0.1) is 0 Å². The molecular formula is C16H18ClNO3. The molecule has 2 rings (SSSR count). The highest BCUT2D eigenvalue weighted by molar-refractivity contribution is 6.30. The molecule has 0 radical (unpaired) electrons. The summed E-state index contributed by atoms with van der Waals surface area (Å²) >= 11 is 5.84. The van der Waals surface area contributed by atoms with Crippen LogP contribution < -0.4 is 5.32 Å². The van der Waals surface area contributed by atoms with Gasteiger partial charge >= 0.3 is 5.97 Å². The zero-order valence-electron chi connectivity index (χ0n) is 11.6. The molecule has 0 unspecified atom stereocenters. The van der Waals surface area contributed by atoms with Crippen LogP contribution in [0.25, 0.3) is 0 Å². The lowest BCUT2D eigenvalue weighted by Crippen LogP contribution is -2.35. The van der Waals surface area contributed by atoms with E-state index in [1.807, 2.05) is 6.08 Å². The number of hydrogen-bond donors (Lipinski definition) is 2. The zero-order valence-corrected chi connectivity index (χ0v) is 12.3. The van der Waals surface area contributed by atoms with Crippen LogP contribution in [0.5, 0.6) is 0 Å². The van der Waals surface area contributed by atoms with Gasteiger partial charge in [-0.3, -0.25) is 9.59 Å². The van der Waals surface area contributed by atoms with Gasteiger partial charge in [-0.2, -0.15) is 0 Å². The lowest BCUT2D eigenvalue weighted by Gasteiger charge is -2.22. The molecular weight excluding hydrogens is 290 g/mol. The van der Waals surface area contributed by atoms with Gasteiger partial charge in [-0.1, -0.05) is 35.9 Å². The first-order chi connectivity index (χ1) is 10.1. The summed E-state index contributed by atoms with van der Waals surface area (Å²) in [5.74, 6) is -1.10. The van der Waals surface area contributed by atoms with Crippen LogP contribution in [0.4, 0.5) is 0 Å². The molecule has 2 atom stereocenters. The molecule has 2 N–H and O–H groups in total. The van der Waals surface area contributed by atoms with Crippen LogP contribution in [0.3, 0.4) is 0 Å². The standard InChI is InChI=1S/C16H18ClNO3/c17-13-8-6-11(7-9-13)14(10-15(19)20)18-16(21)12-4-2-1-3-5-12/h1-2,6-9,12,14H,3-5,10H2,(H,18,21)(H,19,20)/t12-,14+/m1/s1. The highest BCUT2D eigenvalue weighted by Gasteiger charge is 2.23. The Morgan fingerprint density at radius 3 is 2.57 bits per heavy atom. The molecule has 0 bridgehead atoms. The molecule has 0 saturated carbocycles. The fraction of sp³-hybridized carbons (Fsp3) is 0.375. The molecule has 1 aromatic rings. The summed E-state index contributed by atoms with van der Waals surface area (Å²) < 4.78 is 0. The van der Waals surface area contributed by atoms with Gasteiger partial charge < -0.3 is 10.4 Å². The van der Waals surface area contributed by atoms with E-state index in [1.54, 1.807) is 24.3 Å². The molecule has 0 fully saturated rings. The lowest BCUT2D eigenvalue weighted by atomic mass is 9.92. The Morgan fingerprint density at radius 1 is 1.29 bits per heavy atom. The molecule has 21 heavy (non-hydrogen) atoms. The van der Waals surface area contributed by atoms with E-state index >= 15 is 0 Å². The second kappa shape index (κ2) is 7.27. The van der Waals surface area contributed by atoms with E-state index in [9.17, 15) is 9.59 Å². The van der Waals surface area contributed by atoms with Crippen molar-refractivity contribution in [1.82, 2.24) is 5.32 Å². The topological polar surface area (TPSA) is 66.4 Å². The second-order valence-corrected chi connectivity index (χ2v) is 5.63. The van der Waals surface area contributed by atoms with E-state index in [0.29, 0.717) is 11.4 Å². The van der Waals surface area contributed by atoms with E-state index in [0.717, 1.165) is 18.4 Å². The van der Waals surface area contributed by atoms with E-state index < -0.39 is 12.0 Å². The number of rotatable bonds is 5. The monoisotopic (exact) mass is 307 g/mol. The molecule has 0 saturated heterocycles. The van der Waals surface area contributed by atoms with E-state index in [2.05, 4.69) is 11.4 Å². The van der Waals surface area contributed by atoms with Crippen molar-refractivity contribution in [2.24, 2.45) is 5.92 Å². The van der Waals surface area contributed by atoms with Gasteiger partial charge in [0.15, 0.2) is 0 Å². The van der Waals surface area contributed by atoms with Gasteiger partial charge in [0, 0.05) is 10.9 Å². The Hall–Kier alpha value is -1.81. The first-order valence-corrected chi connectivity index (χ1v) is 7.36. The largest absolute Gasteiger partial charge is 0.481 e. The van der Waals surface area contributed by atoms with Crippen molar-refractivity contribution in [1.29, 1.82) is 0 Å². The van der Waals surface area contributed by atoms with E-state index in [1.165, 1.54) is 0 Å². The number of allylic oxidation sites excluding steroid dienone is 2. The third-order valence-electron chi connectivity index (χ3n) is 3.61. The summed E-state index contributed by atoms with van der Waals surface area (Å²) in [7, 11) is 0. The molecule has 5 heteroatoms. The van der Waals surface area contributed by atoms with Crippen LogP contribution in [-0.2, 0) is 9.59 Å². The molecule has 1 aromatic carbocycles. The predicted molar refractivity (Wildman–Crippen MR) is 81.1 cm³/mol. The van der Waals surface area contributed by atoms with Crippen molar-refractivity contribution >= 4 is 23.5 Å². The molecule has 1 aliphatic rings. The van der Waals surface area contributed by atoms with Gasteiger partial charge in [-0.05, 0) is 37.0 Å². The quantitative estimate of drug-likeness (QED) is 0.820. The van der Waals surface area contributed by atoms with Gasteiger partial charge in [0.05, 0.1) is 12.5 Å². The summed E-state index contributed by atoms with van der Waals surface area (Å²) in [6.45, 7) is 0. The van der Waals surface area contributed by atoms with Gasteiger partial charge in [0.25, 0.3) is 0 Å². The maximum absolute atomic E-state index is 12.3. The van der Waals surface area contributed by atoms with Crippen molar-refractivity contribution in [3.8, 4) is 0 Å². The van der Waals surface area contributed by atoms with Crippen LogP contribution in [0.15, 0.2) is 36.4 Å². The maximum atomic E-state index is 12.3. The average Bonchev–Trinajstić information content (AvgIpc) is 2.48. The van der Waals surface area contributed by atoms with E-state index in [-0.39, 0.29) is 18.2 Å². The zero-order chi connectivity index (χ0) is 15.2. The van der Waals surface area contributed by atoms with Crippen molar-refractivity contribution in [2.75, 3.05) is 0 Å². The highest BCUT2D eigenvalue weighted by atomic mass is 35.5. The Bertz CT molecular complexity index is 539. The van der Waals surface area contributed by atoms with Crippen LogP contribution in [0, 0.1) is 5.92 Å². The minimum Gasteiger partial charge on any atom is -0.481 e. The van der Waals surface area contributed by atoms with Crippen molar-refractivity contribution in [3.05, 3.63) is 47.0 Å². The fourth-order valence-electron chi connectivity index (χ4n) is 2.44. The fourth-order valence-corrected chi connectivity index (χ4v) is 2.57. The smallest absolute Gasteiger partial charge is 0.305 e. The van der Waals surface area contributed by atoms with E-state index in [4.69, 9.17) is 16.7 Å². The molecule has 0 spiro atoms. The number of nitrogens with one attached hydrogen (secondary N) is 1. The van der Waals surface area contributed by atoms with Gasteiger partial charge in [0.2, 0.25) is 5.91 Å². The number of benzene rings is 1. The second-order valence-electron chi connectivity index (χ2n) is 5.19. The molecule has 0 heterocycles. The average molecular weight is 308 g/mol. The summed E-state index contributed by atoms with van der Waals surface area (Å²) in [5, 5.41) is 12.5. The summed E-state index contributed by atoms with van der Waals surface area (Å²) in [6.07, 6.45) is 6.34. The highest BCUT2D eigenvalue weighted by Crippen LogP contribution is 2.23. The number of aliphatic carboxylic acids is 1. The van der Waals surface area contributed by atoms with Crippen molar-refractivity contribution in [2.45, 2.75) is 31.7 Å². The predicted octanol–water partition coefficient (Wildman–Crippen LogP) is 3.33. The molecule has 112 valence electrons. The molecule has 4 nitrogen and oxygen atoms in total. The minimum atomic E-state index is -0.946. The van der Waals surface area contributed by atoms with Gasteiger partial charge in [-0.25, -0.2) is 0 Å². The molecule has 0 aliphatic heterocycles. The summed E-state index contributed by atoms with van der Waals surface area (Å²) in [6, 6.07) is 6.36. The van der Waals surface area contributed by atoms with Crippen molar-refractivity contribution < 1.29 is 14.7 Å². The Balaban J connectivity index is 2.08. The van der Waals surface area contributed by atoms with Crippen LogP contribution in [-0.4, -0.2) is 17.0 Å². The number of hydrogen-bond acceptors (Lipinski definition) is 2. The SMILES string of the molecule is O=C(O)C[C@H](NC(=O)[C@@H]1CC=CCC1)c1ccc(Cl)cc1. The number of amides is 1. The molecule has 1 aliphatic carbocycles. The first-order valence-electron chi connectivity index (χ1n) is 6.99. The number of carboxylic acids is 1. The van der Waals surface area contributed by atoms with Crippen molar-refractivity contribution in [3.63, 3.8) is 0 Å². The lowest BCUT2D eigenvalue weighted by molar-refractivity contribution is -0.138. The number of carbonyl (C=O) groups excluding carboxylic acids is 1. The third kappa shape index (κ3) is 4.60. The van der Waals surface area contributed by atoms with Crippen LogP contribution in [0.2, 0.25) is 5.02 Å².